The Kier molecular flexibility index (Phi) is 11.2. The number of unbranched alkanes of at least 4 members (excludes halogenated alkanes) is 7. The quantitative estimate of drug-likeness (QED) is 0.233. The molecule has 2 heterocycles. The number of aliphatic hydroxyl groups excluding tert-OH is 1. The number of hydrogen-bond acceptors (Lipinski definition) is 6. The normalized spacial score (nSPS) is 27.8. The molecule has 2 saturated heterocycles. The number of fused-ring (bicyclic) bond motifs is 1. The van der Waals surface area contributed by atoms with Crippen LogP contribution in [0.3, 0.4) is 0 Å². The van der Waals surface area contributed by atoms with E-state index in [1.54, 1.807) is 13.8 Å². The summed E-state index contributed by atoms with van der Waals surface area (Å²) in [5.74, 6) is -1.66. The molecule has 0 aromatic heterocycles. The number of rotatable bonds is 14. The van der Waals surface area contributed by atoms with Gasteiger partial charge in [-0.05, 0) is 39.5 Å². The zero-order chi connectivity index (χ0) is 23.6. The van der Waals surface area contributed by atoms with Gasteiger partial charge >= 0.3 is 5.97 Å². The van der Waals surface area contributed by atoms with Gasteiger partial charge in [0.15, 0.2) is 17.9 Å². The Morgan fingerprint density at radius 1 is 1.06 bits per heavy atom. The first kappa shape index (κ1) is 26.8. The van der Waals surface area contributed by atoms with Gasteiger partial charge in [-0.1, -0.05) is 64.0 Å². The van der Waals surface area contributed by atoms with E-state index in [0.717, 1.165) is 51.4 Å². The third-order valence-corrected chi connectivity index (χ3v) is 6.06. The SMILES string of the molecule is CCCCCC[C@@H](O)CCCCCC/C=C/[C@H]1OC(C)(C)O[C@H]2[C@@H]1OC(=O)[C@H]2NC(C)=O. The van der Waals surface area contributed by atoms with E-state index >= 15 is 0 Å². The molecular weight excluding hydrogens is 410 g/mol. The van der Waals surface area contributed by atoms with E-state index in [2.05, 4.69) is 18.3 Å². The summed E-state index contributed by atoms with van der Waals surface area (Å²) in [4.78, 5) is 23.7. The van der Waals surface area contributed by atoms with Crippen molar-refractivity contribution in [2.24, 2.45) is 0 Å². The van der Waals surface area contributed by atoms with Crippen molar-refractivity contribution in [1.82, 2.24) is 5.32 Å². The van der Waals surface area contributed by atoms with Crippen molar-refractivity contribution in [3.05, 3.63) is 12.2 Å². The minimum absolute atomic E-state index is 0.149. The highest BCUT2D eigenvalue weighted by molar-refractivity contribution is 5.85. The Balaban J connectivity index is 1.68. The smallest absolute Gasteiger partial charge is 0.332 e. The van der Waals surface area contributed by atoms with Crippen molar-refractivity contribution in [3.63, 3.8) is 0 Å². The standard InChI is InChI=1S/C25H43NO6/c1-5-6-7-12-15-19(28)16-13-10-8-9-11-14-17-20-22-23(32-25(3,4)31-20)21(24(29)30-22)26-18(2)27/h14,17,19-23,28H,5-13,15-16H2,1-4H3,(H,26,27)/b17-14+/t19-,20-,21+,22-,23-/m1/s1. The molecule has 0 saturated carbocycles. The second-order valence-corrected chi connectivity index (χ2v) is 9.57. The largest absolute Gasteiger partial charge is 0.455 e. The van der Waals surface area contributed by atoms with Gasteiger partial charge in [-0.25, -0.2) is 4.79 Å². The van der Waals surface area contributed by atoms with E-state index < -0.39 is 36.1 Å². The van der Waals surface area contributed by atoms with Crippen LogP contribution in [-0.2, 0) is 23.8 Å². The molecular formula is C25H43NO6. The first-order valence-electron chi connectivity index (χ1n) is 12.4. The monoisotopic (exact) mass is 453 g/mol. The van der Waals surface area contributed by atoms with E-state index in [0.29, 0.717) is 0 Å². The Hall–Kier alpha value is -1.44. The predicted molar refractivity (Wildman–Crippen MR) is 123 cm³/mol. The molecule has 5 atom stereocenters. The molecule has 0 aromatic rings. The first-order valence-corrected chi connectivity index (χ1v) is 12.4. The topological polar surface area (TPSA) is 94.1 Å². The highest BCUT2D eigenvalue weighted by Gasteiger charge is 2.55. The van der Waals surface area contributed by atoms with Crippen LogP contribution >= 0.6 is 0 Å². The summed E-state index contributed by atoms with van der Waals surface area (Å²) in [5.41, 5.74) is 0. The maximum Gasteiger partial charge on any atom is 0.332 e. The Morgan fingerprint density at radius 2 is 1.72 bits per heavy atom. The Morgan fingerprint density at radius 3 is 2.38 bits per heavy atom. The second-order valence-electron chi connectivity index (χ2n) is 9.57. The highest BCUT2D eigenvalue weighted by Crippen LogP contribution is 2.35. The molecule has 2 aliphatic heterocycles. The van der Waals surface area contributed by atoms with Gasteiger partial charge in [-0.2, -0.15) is 0 Å². The van der Waals surface area contributed by atoms with E-state index in [1.165, 1.54) is 26.2 Å². The van der Waals surface area contributed by atoms with E-state index in [9.17, 15) is 14.7 Å². The average Bonchev–Trinajstić information content (AvgIpc) is 3.01. The fourth-order valence-electron chi connectivity index (χ4n) is 4.42. The van der Waals surface area contributed by atoms with Gasteiger partial charge in [0.1, 0.15) is 12.2 Å². The summed E-state index contributed by atoms with van der Waals surface area (Å²) >= 11 is 0. The van der Waals surface area contributed by atoms with E-state index in [4.69, 9.17) is 14.2 Å². The number of hydrogen-bond donors (Lipinski definition) is 2. The van der Waals surface area contributed by atoms with Crippen LogP contribution in [0, 0.1) is 0 Å². The fourth-order valence-corrected chi connectivity index (χ4v) is 4.42. The van der Waals surface area contributed by atoms with Gasteiger partial charge in [0.05, 0.1) is 6.10 Å². The molecule has 1 amide bonds. The molecule has 0 aliphatic carbocycles. The van der Waals surface area contributed by atoms with Crippen molar-refractivity contribution in [2.75, 3.05) is 0 Å². The number of allylic oxidation sites excluding steroid dienone is 1. The van der Waals surface area contributed by atoms with Crippen LogP contribution in [0.25, 0.3) is 0 Å². The van der Waals surface area contributed by atoms with Gasteiger partial charge in [0.2, 0.25) is 5.91 Å². The van der Waals surface area contributed by atoms with E-state index in [-0.39, 0.29) is 12.0 Å². The number of amides is 1. The van der Waals surface area contributed by atoms with Crippen LogP contribution in [-0.4, -0.2) is 53.2 Å². The number of carbonyl (C=O) groups is 2. The summed E-state index contributed by atoms with van der Waals surface area (Å²) in [6, 6.07) is -0.807. The van der Waals surface area contributed by atoms with E-state index in [1.807, 2.05) is 6.08 Å². The van der Waals surface area contributed by atoms with Crippen LogP contribution < -0.4 is 5.32 Å². The summed E-state index contributed by atoms with van der Waals surface area (Å²) in [7, 11) is 0. The number of ether oxygens (including phenoxy) is 3. The Bertz CT molecular complexity index is 620. The molecule has 2 rings (SSSR count). The molecule has 0 radical (unpaired) electrons. The molecule has 2 N–H and O–H groups in total. The molecule has 2 fully saturated rings. The fraction of sp³-hybridized carbons (Fsp3) is 0.840. The maximum absolute atomic E-state index is 12.2. The van der Waals surface area contributed by atoms with Gasteiger partial charge < -0.3 is 24.6 Å². The third-order valence-electron chi connectivity index (χ3n) is 6.06. The van der Waals surface area contributed by atoms with Gasteiger partial charge in [0.25, 0.3) is 0 Å². The molecule has 2 aliphatic rings. The average molecular weight is 454 g/mol. The second kappa shape index (κ2) is 13.3. The molecule has 0 aromatic carbocycles. The minimum Gasteiger partial charge on any atom is -0.455 e. The van der Waals surface area contributed by atoms with Gasteiger partial charge in [0, 0.05) is 6.92 Å². The molecule has 0 bridgehead atoms. The number of esters is 1. The summed E-state index contributed by atoms with van der Waals surface area (Å²) in [5, 5.41) is 12.7. The van der Waals surface area contributed by atoms with Crippen LogP contribution in [0.4, 0.5) is 0 Å². The lowest BCUT2D eigenvalue weighted by Crippen LogP contribution is -2.57. The lowest BCUT2D eigenvalue weighted by atomic mass is 10.00. The predicted octanol–water partition coefficient (Wildman–Crippen LogP) is 4.16. The number of aliphatic hydroxyl groups is 1. The van der Waals surface area contributed by atoms with Crippen molar-refractivity contribution < 1.29 is 28.9 Å². The number of nitrogens with one attached hydrogen (secondary N) is 1. The minimum atomic E-state index is -0.877. The van der Waals surface area contributed by atoms with Crippen molar-refractivity contribution >= 4 is 11.9 Å². The zero-order valence-corrected chi connectivity index (χ0v) is 20.3. The lowest BCUT2D eigenvalue weighted by molar-refractivity contribution is -0.312. The molecule has 7 nitrogen and oxygen atoms in total. The summed E-state index contributed by atoms with van der Waals surface area (Å²) in [6.45, 7) is 7.18. The van der Waals surface area contributed by atoms with Crippen molar-refractivity contribution in [2.45, 2.75) is 135 Å². The zero-order valence-electron chi connectivity index (χ0n) is 20.3. The molecule has 7 heteroatoms. The molecule has 0 spiro atoms. The number of carbonyl (C=O) groups excluding carboxylic acids is 2. The van der Waals surface area contributed by atoms with Crippen molar-refractivity contribution in [1.29, 1.82) is 0 Å². The Labute approximate surface area is 193 Å². The maximum atomic E-state index is 12.2. The van der Waals surface area contributed by atoms with Crippen LogP contribution in [0.5, 0.6) is 0 Å². The first-order chi connectivity index (χ1) is 15.2. The van der Waals surface area contributed by atoms with Crippen LogP contribution in [0.2, 0.25) is 0 Å². The molecule has 184 valence electrons. The van der Waals surface area contributed by atoms with Crippen LogP contribution in [0.15, 0.2) is 12.2 Å². The van der Waals surface area contributed by atoms with Gasteiger partial charge in [-0.3, -0.25) is 4.79 Å². The third kappa shape index (κ3) is 8.83. The highest BCUT2D eigenvalue weighted by atomic mass is 16.7. The van der Waals surface area contributed by atoms with Crippen molar-refractivity contribution in [3.8, 4) is 0 Å². The summed E-state index contributed by atoms with van der Waals surface area (Å²) < 4.78 is 17.4. The molecule has 32 heavy (non-hydrogen) atoms. The van der Waals surface area contributed by atoms with Gasteiger partial charge in [-0.15, -0.1) is 0 Å². The lowest BCUT2D eigenvalue weighted by Gasteiger charge is -2.41. The summed E-state index contributed by atoms with van der Waals surface area (Å²) in [6.07, 6.45) is 14.3. The van der Waals surface area contributed by atoms with Crippen LogP contribution in [0.1, 0.15) is 98.3 Å². The molecule has 0 unspecified atom stereocenters.